The molecule has 4 nitrogen and oxygen atoms in total. The lowest BCUT2D eigenvalue weighted by atomic mass is 10.0. The number of ether oxygens (including phenoxy) is 2. The molecule has 2 rings (SSSR count). The monoisotopic (exact) mass is 313 g/mol. The number of carbonyl (C=O) groups is 1. The Bertz CT molecular complexity index is 683. The smallest absolute Gasteiger partial charge is 0.255 e. The fourth-order valence-electron chi connectivity index (χ4n) is 2.40. The molecule has 0 spiro atoms. The van der Waals surface area contributed by atoms with E-state index in [9.17, 15) is 4.79 Å². The quantitative estimate of drug-likeness (QED) is 0.890. The van der Waals surface area contributed by atoms with Crippen LogP contribution in [-0.2, 0) is 0 Å². The average Bonchev–Trinajstić information content (AvgIpc) is 2.55. The minimum atomic E-state index is -0.192. The van der Waals surface area contributed by atoms with E-state index in [4.69, 9.17) is 9.47 Å². The highest BCUT2D eigenvalue weighted by atomic mass is 16.5. The van der Waals surface area contributed by atoms with Crippen LogP contribution in [0.25, 0.3) is 0 Å². The van der Waals surface area contributed by atoms with Gasteiger partial charge in [-0.1, -0.05) is 26.0 Å². The van der Waals surface area contributed by atoms with Crippen molar-refractivity contribution in [3.05, 3.63) is 53.1 Å². The van der Waals surface area contributed by atoms with Crippen molar-refractivity contribution in [2.45, 2.75) is 26.7 Å². The lowest BCUT2D eigenvalue weighted by Crippen LogP contribution is -2.13. The number of benzene rings is 2. The summed E-state index contributed by atoms with van der Waals surface area (Å²) in [6, 6.07) is 11.3. The molecule has 122 valence electrons. The highest BCUT2D eigenvalue weighted by Crippen LogP contribution is 2.30. The van der Waals surface area contributed by atoms with Crippen LogP contribution in [0.2, 0.25) is 0 Å². The molecule has 0 aliphatic rings. The Morgan fingerprint density at radius 3 is 2.17 bits per heavy atom. The summed E-state index contributed by atoms with van der Waals surface area (Å²) in [6.45, 7) is 6.14. The molecule has 1 amide bonds. The average molecular weight is 313 g/mol. The topological polar surface area (TPSA) is 47.6 Å². The summed E-state index contributed by atoms with van der Waals surface area (Å²) in [5.41, 5.74) is 3.33. The Morgan fingerprint density at radius 1 is 1.04 bits per heavy atom. The molecule has 2 aromatic rings. The summed E-state index contributed by atoms with van der Waals surface area (Å²) in [4.78, 5) is 12.5. The fraction of sp³-hybridized carbons (Fsp3) is 0.316. The molecule has 4 heteroatoms. The summed E-state index contributed by atoms with van der Waals surface area (Å²) < 4.78 is 10.6. The summed E-state index contributed by atoms with van der Waals surface area (Å²) in [5, 5.41) is 2.93. The minimum Gasteiger partial charge on any atom is -0.496 e. The van der Waals surface area contributed by atoms with Crippen molar-refractivity contribution in [1.82, 2.24) is 0 Å². The molecule has 0 saturated heterocycles. The predicted octanol–water partition coefficient (Wildman–Crippen LogP) is 4.39. The Morgan fingerprint density at radius 2 is 1.65 bits per heavy atom. The van der Waals surface area contributed by atoms with E-state index in [1.54, 1.807) is 26.4 Å². The molecular weight excluding hydrogens is 290 g/mol. The highest BCUT2D eigenvalue weighted by molar-refractivity contribution is 6.05. The number of amides is 1. The van der Waals surface area contributed by atoms with Gasteiger partial charge in [0.2, 0.25) is 0 Å². The summed E-state index contributed by atoms with van der Waals surface area (Å²) >= 11 is 0. The molecule has 0 aliphatic carbocycles. The first-order valence-electron chi connectivity index (χ1n) is 7.60. The third kappa shape index (κ3) is 3.83. The van der Waals surface area contributed by atoms with Crippen LogP contribution in [0.1, 0.15) is 41.3 Å². The van der Waals surface area contributed by atoms with Gasteiger partial charge in [-0.05, 0) is 42.7 Å². The molecule has 2 aromatic carbocycles. The number of hydrogen-bond donors (Lipinski definition) is 1. The number of nitrogens with one attached hydrogen (secondary N) is 1. The van der Waals surface area contributed by atoms with Gasteiger partial charge in [-0.3, -0.25) is 4.79 Å². The van der Waals surface area contributed by atoms with Crippen LogP contribution in [0.5, 0.6) is 11.5 Å². The SMILES string of the molecule is COc1cc(C(=O)Nc2cccc(C(C)C)c2)cc(OC)c1C. The van der Waals surface area contributed by atoms with Crippen molar-refractivity contribution in [2.24, 2.45) is 0 Å². The normalized spacial score (nSPS) is 10.5. The van der Waals surface area contributed by atoms with Gasteiger partial charge in [-0.15, -0.1) is 0 Å². The predicted molar refractivity (Wildman–Crippen MR) is 92.8 cm³/mol. The van der Waals surface area contributed by atoms with Gasteiger partial charge in [0, 0.05) is 16.8 Å². The molecule has 1 N–H and O–H groups in total. The molecule has 23 heavy (non-hydrogen) atoms. The van der Waals surface area contributed by atoms with Crippen LogP contribution in [0.3, 0.4) is 0 Å². The van der Waals surface area contributed by atoms with Crippen LogP contribution >= 0.6 is 0 Å². The van der Waals surface area contributed by atoms with E-state index >= 15 is 0 Å². The van der Waals surface area contributed by atoms with E-state index in [0.29, 0.717) is 23.0 Å². The number of carbonyl (C=O) groups excluding carboxylic acids is 1. The van der Waals surface area contributed by atoms with E-state index in [0.717, 1.165) is 11.3 Å². The maximum atomic E-state index is 12.5. The number of anilines is 1. The van der Waals surface area contributed by atoms with Gasteiger partial charge < -0.3 is 14.8 Å². The maximum absolute atomic E-state index is 12.5. The van der Waals surface area contributed by atoms with Crippen LogP contribution < -0.4 is 14.8 Å². The first-order valence-corrected chi connectivity index (χ1v) is 7.60. The Kier molecular flexibility index (Phi) is 5.27. The van der Waals surface area contributed by atoms with Gasteiger partial charge in [0.15, 0.2) is 0 Å². The first-order chi connectivity index (χ1) is 11.0. The fourth-order valence-corrected chi connectivity index (χ4v) is 2.40. The molecule has 0 aliphatic heterocycles. The van der Waals surface area contributed by atoms with Crippen molar-refractivity contribution in [1.29, 1.82) is 0 Å². The second-order valence-electron chi connectivity index (χ2n) is 5.74. The lowest BCUT2D eigenvalue weighted by Gasteiger charge is -2.13. The first kappa shape index (κ1) is 16.9. The van der Waals surface area contributed by atoms with Crippen molar-refractivity contribution in [3.8, 4) is 11.5 Å². The van der Waals surface area contributed by atoms with Crippen LogP contribution in [0.4, 0.5) is 5.69 Å². The summed E-state index contributed by atoms with van der Waals surface area (Å²) in [6.07, 6.45) is 0. The highest BCUT2D eigenvalue weighted by Gasteiger charge is 2.14. The van der Waals surface area contributed by atoms with Gasteiger partial charge in [-0.2, -0.15) is 0 Å². The third-order valence-electron chi connectivity index (χ3n) is 3.83. The van der Waals surface area contributed by atoms with Crippen LogP contribution in [0.15, 0.2) is 36.4 Å². The molecule has 0 saturated carbocycles. The van der Waals surface area contributed by atoms with Crippen LogP contribution in [-0.4, -0.2) is 20.1 Å². The second kappa shape index (κ2) is 7.18. The summed E-state index contributed by atoms with van der Waals surface area (Å²) in [5.74, 6) is 1.48. The standard InChI is InChI=1S/C19H23NO3/c1-12(2)14-7-6-8-16(9-14)20-19(21)15-10-17(22-4)13(3)18(11-15)23-5/h6-12H,1-5H3,(H,20,21). The van der Waals surface area contributed by atoms with Crippen molar-refractivity contribution in [3.63, 3.8) is 0 Å². The third-order valence-corrected chi connectivity index (χ3v) is 3.83. The zero-order valence-electron chi connectivity index (χ0n) is 14.3. The molecule has 0 radical (unpaired) electrons. The van der Waals surface area contributed by atoms with Gasteiger partial charge in [0.05, 0.1) is 14.2 Å². The van der Waals surface area contributed by atoms with Gasteiger partial charge >= 0.3 is 0 Å². The van der Waals surface area contributed by atoms with E-state index in [2.05, 4.69) is 25.2 Å². The van der Waals surface area contributed by atoms with E-state index in [1.807, 2.05) is 25.1 Å². The maximum Gasteiger partial charge on any atom is 0.255 e. The van der Waals surface area contributed by atoms with E-state index in [-0.39, 0.29) is 5.91 Å². The Balaban J connectivity index is 2.29. The number of rotatable bonds is 5. The van der Waals surface area contributed by atoms with Crippen molar-refractivity contribution in [2.75, 3.05) is 19.5 Å². The van der Waals surface area contributed by atoms with E-state index in [1.165, 1.54) is 5.56 Å². The molecule has 0 fully saturated rings. The number of hydrogen-bond acceptors (Lipinski definition) is 3. The zero-order valence-corrected chi connectivity index (χ0v) is 14.3. The van der Waals surface area contributed by atoms with Gasteiger partial charge in [0.25, 0.3) is 5.91 Å². The molecule has 0 unspecified atom stereocenters. The van der Waals surface area contributed by atoms with Crippen molar-refractivity contribution < 1.29 is 14.3 Å². The molecule has 0 heterocycles. The lowest BCUT2D eigenvalue weighted by molar-refractivity contribution is 0.102. The molecule has 0 bridgehead atoms. The minimum absolute atomic E-state index is 0.192. The van der Waals surface area contributed by atoms with Crippen molar-refractivity contribution >= 4 is 11.6 Å². The van der Waals surface area contributed by atoms with E-state index < -0.39 is 0 Å². The molecular formula is C19H23NO3. The van der Waals surface area contributed by atoms with Gasteiger partial charge in [-0.25, -0.2) is 0 Å². The largest absolute Gasteiger partial charge is 0.496 e. The zero-order chi connectivity index (χ0) is 17.0. The van der Waals surface area contributed by atoms with Gasteiger partial charge in [0.1, 0.15) is 11.5 Å². The Labute approximate surface area is 137 Å². The number of methoxy groups -OCH3 is 2. The second-order valence-corrected chi connectivity index (χ2v) is 5.74. The van der Waals surface area contributed by atoms with Crippen LogP contribution in [0, 0.1) is 6.92 Å². The summed E-state index contributed by atoms with van der Waals surface area (Å²) in [7, 11) is 3.16. The Hall–Kier alpha value is -2.49. The molecule has 0 aromatic heterocycles. The molecule has 0 atom stereocenters.